The number of carboxylic acids is 1. The summed E-state index contributed by atoms with van der Waals surface area (Å²) < 4.78 is 0. The highest BCUT2D eigenvalue weighted by atomic mass is 35.5. The molecule has 1 atom stereocenters. The van der Waals surface area contributed by atoms with Gasteiger partial charge in [0.2, 0.25) is 0 Å². The lowest BCUT2D eigenvalue weighted by Gasteiger charge is -2.20. The molecule has 1 unspecified atom stereocenters. The van der Waals surface area contributed by atoms with Crippen LogP contribution < -0.4 is 5.32 Å². The van der Waals surface area contributed by atoms with Crippen molar-refractivity contribution in [1.82, 2.24) is 0 Å². The zero-order valence-corrected chi connectivity index (χ0v) is 13.2. The summed E-state index contributed by atoms with van der Waals surface area (Å²) in [5, 5.41) is 21.3. The maximum atomic E-state index is 10.7. The number of hydrogen-bond donors (Lipinski definition) is 2. The predicted molar refractivity (Wildman–Crippen MR) is 84.5 cm³/mol. The summed E-state index contributed by atoms with van der Waals surface area (Å²) in [4.78, 5) is 10.7. The van der Waals surface area contributed by atoms with Crippen molar-refractivity contribution in [3.8, 4) is 6.07 Å². The molecule has 1 aromatic carbocycles. The zero-order chi connectivity index (χ0) is 15.8. The number of benzene rings is 1. The highest BCUT2D eigenvalue weighted by Crippen LogP contribution is 2.23. The molecule has 5 heteroatoms. The smallest absolute Gasteiger partial charge is 0.303 e. The van der Waals surface area contributed by atoms with E-state index in [1.807, 2.05) is 12.1 Å². The minimum atomic E-state index is -0.743. The number of rotatable bonds is 8. The Morgan fingerprint density at radius 3 is 2.67 bits per heavy atom. The molecule has 1 aromatic rings. The Kier molecular flexibility index (Phi) is 7.04. The van der Waals surface area contributed by atoms with Crippen LogP contribution in [0.4, 0.5) is 5.69 Å². The van der Waals surface area contributed by atoms with E-state index < -0.39 is 5.97 Å². The summed E-state index contributed by atoms with van der Waals surface area (Å²) in [6.07, 6.45) is 1.82. The van der Waals surface area contributed by atoms with Crippen molar-refractivity contribution in [2.24, 2.45) is 11.8 Å². The summed E-state index contributed by atoms with van der Waals surface area (Å²) >= 11 is 5.98. The van der Waals surface area contributed by atoms with Gasteiger partial charge in [-0.1, -0.05) is 25.4 Å². The number of carbonyl (C=O) groups is 1. The Hall–Kier alpha value is -1.73. The largest absolute Gasteiger partial charge is 0.481 e. The predicted octanol–water partition coefficient (Wildman–Crippen LogP) is 4.15. The maximum Gasteiger partial charge on any atom is 0.303 e. The van der Waals surface area contributed by atoms with Crippen LogP contribution in [0.25, 0.3) is 0 Å². The summed E-state index contributed by atoms with van der Waals surface area (Å²) in [6, 6.07) is 7.28. The second-order valence-electron chi connectivity index (χ2n) is 5.46. The molecule has 0 heterocycles. The molecule has 0 aliphatic heterocycles. The van der Waals surface area contributed by atoms with Gasteiger partial charge in [0.25, 0.3) is 0 Å². The van der Waals surface area contributed by atoms with Crippen molar-refractivity contribution >= 4 is 23.3 Å². The van der Waals surface area contributed by atoms with Crippen molar-refractivity contribution in [3.63, 3.8) is 0 Å². The van der Waals surface area contributed by atoms with E-state index in [1.54, 1.807) is 12.1 Å². The molecule has 114 valence electrons. The molecule has 0 bridgehead atoms. The Morgan fingerprint density at radius 1 is 1.43 bits per heavy atom. The van der Waals surface area contributed by atoms with E-state index in [4.69, 9.17) is 22.0 Å². The number of carboxylic acid groups (broad SMARTS) is 1. The minimum Gasteiger partial charge on any atom is -0.481 e. The van der Waals surface area contributed by atoms with Gasteiger partial charge in [0.15, 0.2) is 0 Å². The van der Waals surface area contributed by atoms with Crippen LogP contribution in [0.3, 0.4) is 0 Å². The first-order valence-electron chi connectivity index (χ1n) is 7.09. The Balaban J connectivity index is 2.48. The van der Waals surface area contributed by atoms with Crippen molar-refractivity contribution in [2.45, 2.75) is 33.1 Å². The van der Waals surface area contributed by atoms with Gasteiger partial charge in [-0.3, -0.25) is 4.79 Å². The van der Waals surface area contributed by atoms with E-state index in [2.05, 4.69) is 19.2 Å². The third-order valence-corrected chi connectivity index (χ3v) is 3.92. The lowest BCUT2D eigenvalue weighted by molar-refractivity contribution is -0.137. The highest BCUT2D eigenvalue weighted by molar-refractivity contribution is 6.32. The molecule has 0 aromatic heterocycles. The number of hydrogen-bond acceptors (Lipinski definition) is 3. The molecule has 0 amide bonds. The fourth-order valence-electron chi connectivity index (χ4n) is 2.24. The van der Waals surface area contributed by atoms with Gasteiger partial charge in [-0.25, -0.2) is 0 Å². The number of nitriles is 1. The van der Waals surface area contributed by atoms with Crippen LogP contribution in [0.15, 0.2) is 18.2 Å². The Bertz CT molecular complexity index is 523. The summed E-state index contributed by atoms with van der Waals surface area (Å²) in [7, 11) is 0. The van der Waals surface area contributed by atoms with E-state index >= 15 is 0 Å². The molecular formula is C16H21ClN2O2. The monoisotopic (exact) mass is 308 g/mol. The summed E-state index contributed by atoms with van der Waals surface area (Å²) in [6.45, 7) is 4.99. The van der Waals surface area contributed by atoms with Crippen LogP contribution in [-0.4, -0.2) is 17.6 Å². The lowest BCUT2D eigenvalue weighted by Crippen LogP contribution is -2.15. The average molecular weight is 309 g/mol. The van der Waals surface area contributed by atoms with E-state index in [0.717, 1.165) is 18.7 Å². The van der Waals surface area contributed by atoms with E-state index in [1.165, 1.54) is 0 Å². The maximum absolute atomic E-state index is 10.7. The molecule has 1 rings (SSSR count). The first-order chi connectivity index (χ1) is 9.93. The third kappa shape index (κ3) is 6.05. The van der Waals surface area contributed by atoms with Crippen molar-refractivity contribution in [2.75, 3.05) is 11.9 Å². The second kappa shape index (κ2) is 8.53. The van der Waals surface area contributed by atoms with E-state index in [-0.39, 0.29) is 6.42 Å². The number of nitrogens with one attached hydrogen (secondary N) is 1. The molecule has 0 fully saturated rings. The first kappa shape index (κ1) is 17.3. The molecule has 0 spiro atoms. The lowest BCUT2D eigenvalue weighted by atomic mass is 9.88. The number of aliphatic carboxylic acids is 1. The summed E-state index contributed by atoms with van der Waals surface area (Å²) in [5.41, 5.74) is 1.34. The van der Waals surface area contributed by atoms with Crippen molar-refractivity contribution < 1.29 is 9.90 Å². The van der Waals surface area contributed by atoms with Crippen LogP contribution >= 0.6 is 11.6 Å². The molecular weight excluding hydrogens is 288 g/mol. The van der Waals surface area contributed by atoms with Crippen molar-refractivity contribution in [3.05, 3.63) is 28.8 Å². The fraction of sp³-hybridized carbons (Fsp3) is 0.500. The number of anilines is 1. The quantitative estimate of drug-likeness (QED) is 0.756. The van der Waals surface area contributed by atoms with Crippen LogP contribution in [0.1, 0.15) is 38.7 Å². The standard InChI is InChI=1S/C16H21ClN2O2/c1-11(2)12(4-6-16(20)21)7-8-19-14-5-3-13(10-18)15(17)9-14/h3,5,9,11-12,19H,4,6-8H2,1-2H3,(H,20,21). The SMILES string of the molecule is CC(C)C(CCNc1ccc(C#N)c(Cl)c1)CCC(=O)O. The third-order valence-electron chi connectivity index (χ3n) is 3.61. The number of nitrogens with zero attached hydrogens (tertiary/aromatic N) is 1. The zero-order valence-electron chi connectivity index (χ0n) is 12.4. The van der Waals surface area contributed by atoms with E-state index in [0.29, 0.717) is 28.8 Å². The van der Waals surface area contributed by atoms with Crippen LogP contribution in [0, 0.1) is 23.2 Å². The molecule has 0 aliphatic rings. The van der Waals surface area contributed by atoms with Crippen LogP contribution in [0.5, 0.6) is 0 Å². The van der Waals surface area contributed by atoms with Gasteiger partial charge < -0.3 is 10.4 Å². The topological polar surface area (TPSA) is 73.1 Å². The highest BCUT2D eigenvalue weighted by Gasteiger charge is 2.14. The van der Waals surface area contributed by atoms with Gasteiger partial charge in [0.1, 0.15) is 6.07 Å². The van der Waals surface area contributed by atoms with Crippen LogP contribution in [0.2, 0.25) is 5.02 Å². The molecule has 0 aliphatic carbocycles. The summed E-state index contributed by atoms with van der Waals surface area (Å²) in [5.74, 6) is 0.0886. The molecule has 0 saturated heterocycles. The molecule has 0 radical (unpaired) electrons. The van der Waals surface area contributed by atoms with Crippen molar-refractivity contribution in [1.29, 1.82) is 5.26 Å². The van der Waals surface area contributed by atoms with E-state index in [9.17, 15) is 4.79 Å². The van der Waals surface area contributed by atoms with Gasteiger partial charge in [-0.15, -0.1) is 0 Å². The van der Waals surface area contributed by atoms with Crippen LogP contribution in [-0.2, 0) is 4.79 Å². The molecule has 21 heavy (non-hydrogen) atoms. The molecule has 4 nitrogen and oxygen atoms in total. The number of halogens is 1. The van der Waals surface area contributed by atoms with Gasteiger partial charge in [0, 0.05) is 18.7 Å². The second-order valence-corrected chi connectivity index (χ2v) is 5.87. The average Bonchev–Trinajstić information content (AvgIpc) is 2.42. The van der Waals surface area contributed by atoms with Gasteiger partial charge in [-0.05, 0) is 42.9 Å². The minimum absolute atomic E-state index is 0.214. The Labute approximate surface area is 130 Å². The van der Waals surface area contributed by atoms with Gasteiger partial charge >= 0.3 is 5.97 Å². The molecule has 2 N–H and O–H groups in total. The molecule has 0 saturated carbocycles. The van der Waals surface area contributed by atoms with Gasteiger partial charge in [0.05, 0.1) is 10.6 Å². The normalized spacial score (nSPS) is 12.0. The Morgan fingerprint density at radius 2 is 2.14 bits per heavy atom. The first-order valence-corrected chi connectivity index (χ1v) is 7.47. The van der Waals surface area contributed by atoms with Gasteiger partial charge in [-0.2, -0.15) is 5.26 Å². The fourth-order valence-corrected chi connectivity index (χ4v) is 2.46.